The normalized spacial score (nSPS) is 10.8. The Morgan fingerprint density at radius 3 is 2.14 bits per heavy atom. The molecule has 0 radical (unpaired) electrons. The van der Waals surface area contributed by atoms with Gasteiger partial charge in [0.15, 0.2) is 6.29 Å². The number of anilines is 1. The van der Waals surface area contributed by atoms with Gasteiger partial charge in [0.25, 0.3) is 0 Å². The molecule has 0 saturated heterocycles. The van der Waals surface area contributed by atoms with Crippen LogP contribution in [0.4, 0.5) is 5.00 Å². The molecule has 114 valence electrons. The van der Waals surface area contributed by atoms with Gasteiger partial charge in [-0.15, -0.1) is 22.7 Å². The first kappa shape index (κ1) is 16.2. The third kappa shape index (κ3) is 4.42. The molecule has 0 saturated carbocycles. The Hall–Kier alpha value is -1.13. The van der Waals surface area contributed by atoms with Crippen LogP contribution in [0.3, 0.4) is 0 Å². The Labute approximate surface area is 135 Å². The summed E-state index contributed by atoms with van der Waals surface area (Å²) in [5.74, 6) is 0. The molecule has 0 atom stereocenters. The monoisotopic (exact) mass is 321 g/mol. The number of hydrogen-bond donors (Lipinski definition) is 0. The summed E-state index contributed by atoms with van der Waals surface area (Å²) in [5.41, 5.74) is 0. The topological polar surface area (TPSA) is 20.3 Å². The molecule has 0 aliphatic heterocycles. The molecular formula is C17H23NOS2. The number of unbranched alkanes of at least 4 members (excludes halogenated alkanes) is 2. The zero-order valence-electron chi connectivity index (χ0n) is 12.8. The Bertz CT molecular complexity index is 551. The SMILES string of the molecule is CCCCN(CCCC)c1ccc(-c2ccc(C=O)s2)s1. The smallest absolute Gasteiger partial charge is 0.160 e. The highest BCUT2D eigenvalue weighted by atomic mass is 32.1. The van der Waals surface area contributed by atoms with E-state index in [0.717, 1.165) is 24.3 Å². The number of nitrogens with zero attached hydrogens (tertiary/aromatic N) is 1. The molecule has 0 bridgehead atoms. The van der Waals surface area contributed by atoms with E-state index in [1.165, 1.54) is 40.4 Å². The predicted molar refractivity (Wildman–Crippen MR) is 95.0 cm³/mol. The highest BCUT2D eigenvalue weighted by Crippen LogP contribution is 2.37. The molecule has 2 aromatic rings. The van der Waals surface area contributed by atoms with Crippen LogP contribution < -0.4 is 4.90 Å². The fraction of sp³-hybridized carbons (Fsp3) is 0.471. The molecule has 0 spiro atoms. The van der Waals surface area contributed by atoms with Gasteiger partial charge >= 0.3 is 0 Å². The molecule has 2 rings (SSSR count). The average Bonchev–Trinajstić information content (AvgIpc) is 3.16. The maximum Gasteiger partial charge on any atom is 0.160 e. The van der Waals surface area contributed by atoms with Crippen molar-refractivity contribution in [3.05, 3.63) is 29.1 Å². The van der Waals surface area contributed by atoms with Crippen LogP contribution in [0.1, 0.15) is 49.2 Å². The van der Waals surface area contributed by atoms with Gasteiger partial charge in [0, 0.05) is 22.8 Å². The standard InChI is InChI=1S/C17H23NOS2/c1-3-5-11-18(12-6-4-2)17-10-9-16(21-17)15-8-7-14(13-19)20-15/h7-10,13H,3-6,11-12H2,1-2H3. The lowest BCUT2D eigenvalue weighted by molar-refractivity contribution is 0.112. The van der Waals surface area contributed by atoms with Crippen molar-refractivity contribution in [1.29, 1.82) is 0 Å². The van der Waals surface area contributed by atoms with Crippen molar-refractivity contribution in [2.24, 2.45) is 0 Å². The number of aldehydes is 1. The first-order valence-corrected chi connectivity index (χ1v) is 9.32. The second kappa shape index (κ2) is 8.35. The highest BCUT2D eigenvalue weighted by Gasteiger charge is 2.11. The van der Waals surface area contributed by atoms with Crippen molar-refractivity contribution in [3.8, 4) is 9.75 Å². The Kier molecular flexibility index (Phi) is 6.46. The summed E-state index contributed by atoms with van der Waals surface area (Å²) in [6.45, 7) is 6.76. The maximum absolute atomic E-state index is 10.8. The van der Waals surface area contributed by atoms with E-state index in [1.54, 1.807) is 11.3 Å². The Balaban J connectivity index is 2.12. The number of hydrogen-bond acceptors (Lipinski definition) is 4. The van der Waals surface area contributed by atoms with E-state index in [2.05, 4.69) is 30.9 Å². The summed E-state index contributed by atoms with van der Waals surface area (Å²) in [6.07, 6.45) is 5.87. The van der Waals surface area contributed by atoms with Crippen LogP contribution in [0.15, 0.2) is 24.3 Å². The van der Waals surface area contributed by atoms with Gasteiger partial charge in [-0.1, -0.05) is 26.7 Å². The van der Waals surface area contributed by atoms with Crippen molar-refractivity contribution in [1.82, 2.24) is 0 Å². The molecule has 2 heterocycles. The van der Waals surface area contributed by atoms with Crippen LogP contribution in [-0.4, -0.2) is 19.4 Å². The van der Waals surface area contributed by atoms with Crippen molar-refractivity contribution in [3.63, 3.8) is 0 Å². The molecule has 0 N–H and O–H groups in total. The second-order valence-electron chi connectivity index (χ2n) is 5.15. The summed E-state index contributed by atoms with van der Waals surface area (Å²) < 4.78 is 0. The van der Waals surface area contributed by atoms with Gasteiger partial charge in [-0.25, -0.2) is 0 Å². The summed E-state index contributed by atoms with van der Waals surface area (Å²) in [4.78, 5) is 16.6. The van der Waals surface area contributed by atoms with E-state index in [0.29, 0.717) is 0 Å². The molecule has 0 unspecified atom stereocenters. The van der Waals surface area contributed by atoms with Gasteiger partial charge in [-0.3, -0.25) is 4.79 Å². The molecule has 2 nitrogen and oxygen atoms in total. The molecule has 0 fully saturated rings. The summed E-state index contributed by atoms with van der Waals surface area (Å²) in [6, 6.07) is 8.36. The van der Waals surface area contributed by atoms with E-state index in [4.69, 9.17) is 0 Å². The number of rotatable bonds is 9. The molecular weight excluding hydrogens is 298 g/mol. The van der Waals surface area contributed by atoms with Crippen LogP contribution in [-0.2, 0) is 0 Å². The fourth-order valence-corrected chi connectivity index (χ4v) is 4.18. The predicted octanol–water partition coefficient (Wildman–Crippen LogP) is 5.70. The van der Waals surface area contributed by atoms with E-state index >= 15 is 0 Å². The summed E-state index contributed by atoms with van der Waals surface area (Å²) >= 11 is 3.41. The Morgan fingerprint density at radius 1 is 0.952 bits per heavy atom. The van der Waals surface area contributed by atoms with Gasteiger partial charge in [0.1, 0.15) is 0 Å². The number of carbonyl (C=O) groups excluding carboxylic acids is 1. The van der Waals surface area contributed by atoms with Crippen molar-refractivity contribution >= 4 is 34.0 Å². The second-order valence-corrected chi connectivity index (χ2v) is 7.33. The van der Waals surface area contributed by atoms with Crippen molar-refractivity contribution in [2.75, 3.05) is 18.0 Å². The molecule has 21 heavy (non-hydrogen) atoms. The third-order valence-corrected chi connectivity index (χ3v) is 5.80. The largest absolute Gasteiger partial charge is 0.363 e. The maximum atomic E-state index is 10.8. The van der Waals surface area contributed by atoms with Crippen LogP contribution in [0.5, 0.6) is 0 Å². The van der Waals surface area contributed by atoms with E-state index in [1.807, 2.05) is 23.5 Å². The van der Waals surface area contributed by atoms with E-state index in [9.17, 15) is 4.79 Å². The minimum atomic E-state index is 0.800. The van der Waals surface area contributed by atoms with E-state index < -0.39 is 0 Å². The van der Waals surface area contributed by atoms with Crippen LogP contribution in [0.2, 0.25) is 0 Å². The first-order chi connectivity index (χ1) is 10.3. The van der Waals surface area contributed by atoms with Crippen LogP contribution in [0, 0.1) is 0 Å². The lowest BCUT2D eigenvalue weighted by Gasteiger charge is -2.22. The number of carbonyl (C=O) groups is 1. The average molecular weight is 322 g/mol. The van der Waals surface area contributed by atoms with Gasteiger partial charge in [0.2, 0.25) is 0 Å². The van der Waals surface area contributed by atoms with Gasteiger partial charge < -0.3 is 4.90 Å². The molecule has 2 aromatic heterocycles. The molecule has 0 aliphatic carbocycles. The summed E-state index contributed by atoms with van der Waals surface area (Å²) in [5, 5.41) is 1.35. The summed E-state index contributed by atoms with van der Waals surface area (Å²) in [7, 11) is 0. The van der Waals surface area contributed by atoms with Gasteiger partial charge in [-0.05, 0) is 37.1 Å². The molecule has 0 amide bonds. The third-order valence-electron chi connectivity index (χ3n) is 3.45. The first-order valence-electron chi connectivity index (χ1n) is 7.68. The highest BCUT2D eigenvalue weighted by molar-refractivity contribution is 7.24. The number of thiophene rings is 2. The van der Waals surface area contributed by atoms with Crippen LogP contribution in [0.25, 0.3) is 9.75 Å². The molecule has 0 aliphatic rings. The minimum absolute atomic E-state index is 0.800. The van der Waals surface area contributed by atoms with Crippen molar-refractivity contribution in [2.45, 2.75) is 39.5 Å². The zero-order chi connectivity index (χ0) is 15.1. The van der Waals surface area contributed by atoms with Crippen LogP contribution >= 0.6 is 22.7 Å². The Morgan fingerprint density at radius 2 is 1.57 bits per heavy atom. The van der Waals surface area contributed by atoms with E-state index in [-0.39, 0.29) is 0 Å². The van der Waals surface area contributed by atoms with Crippen molar-refractivity contribution < 1.29 is 4.79 Å². The minimum Gasteiger partial charge on any atom is -0.363 e. The quantitative estimate of drug-likeness (QED) is 0.552. The lowest BCUT2D eigenvalue weighted by Crippen LogP contribution is -2.24. The fourth-order valence-electron chi connectivity index (χ4n) is 2.21. The zero-order valence-corrected chi connectivity index (χ0v) is 14.4. The lowest BCUT2D eigenvalue weighted by atomic mass is 10.2. The molecule has 0 aromatic carbocycles. The van der Waals surface area contributed by atoms with Gasteiger partial charge in [-0.2, -0.15) is 0 Å². The van der Waals surface area contributed by atoms with Gasteiger partial charge in [0.05, 0.1) is 9.88 Å². The molecule has 4 heteroatoms.